The van der Waals surface area contributed by atoms with E-state index >= 15 is 0 Å². The molecule has 0 rings (SSSR count). The van der Waals surface area contributed by atoms with Crippen molar-refractivity contribution in [3.05, 3.63) is 0 Å². The van der Waals surface area contributed by atoms with Crippen molar-refractivity contribution >= 4 is 27.9 Å². The molecule has 18 heavy (non-hydrogen) atoms. The average Bonchev–Trinajstić information content (AvgIpc) is 2.14. The first-order valence-corrected chi connectivity index (χ1v) is 7.14. The van der Waals surface area contributed by atoms with Gasteiger partial charge in [-0.05, 0) is 13.8 Å². The van der Waals surface area contributed by atoms with Crippen LogP contribution in [0.1, 0.15) is 13.8 Å². The molecule has 1 atom stereocenters. The zero-order valence-corrected chi connectivity index (χ0v) is 12.4. The maximum absolute atomic E-state index is 11.7. The largest absolute Gasteiger partial charge is 0.446 e. The summed E-state index contributed by atoms with van der Waals surface area (Å²) in [7, 11) is -1.19. The number of hydrogen-bond acceptors (Lipinski definition) is 5. The van der Waals surface area contributed by atoms with Crippen molar-refractivity contribution in [2.75, 3.05) is 27.3 Å². The molecule has 0 aliphatic heterocycles. The van der Waals surface area contributed by atoms with Gasteiger partial charge in [0.05, 0.1) is 18.1 Å². The number of ether oxygens (including phenoxy) is 2. The van der Waals surface area contributed by atoms with E-state index in [1.807, 2.05) is 0 Å². The lowest BCUT2D eigenvalue weighted by molar-refractivity contribution is 0.121. The third-order valence-electron chi connectivity index (χ3n) is 1.77. The second-order valence-corrected chi connectivity index (χ2v) is 6.29. The molecule has 0 bridgehead atoms. The van der Waals surface area contributed by atoms with E-state index in [9.17, 15) is 13.2 Å². The van der Waals surface area contributed by atoms with E-state index in [0.717, 1.165) is 4.31 Å². The molecule has 0 aromatic rings. The minimum atomic E-state index is -3.95. The van der Waals surface area contributed by atoms with Crippen molar-refractivity contribution in [2.24, 2.45) is 0 Å². The first kappa shape index (κ1) is 17.4. The number of amides is 1. The zero-order valence-electron chi connectivity index (χ0n) is 10.8. The summed E-state index contributed by atoms with van der Waals surface area (Å²) in [5, 5.41) is -0.502. The van der Waals surface area contributed by atoms with E-state index in [4.69, 9.17) is 16.3 Å². The second-order valence-electron chi connectivity index (χ2n) is 3.89. The van der Waals surface area contributed by atoms with Gasteiger partial charge in [0.25, 0.3) is 0 Å². The fraction of sp³-hybridized carbons (Fsp3) is 0.889. The summed E-state index contributed by atoms with van der Waals surface area (Å²) in [6.45, 7) is 3.45. The van der Waals surface area contributed by atoms with Gasteiger partial charge in [-0.3, -0.25) is 0 Å². The van der Waals surface area contributed by atoms with Crippen LogP contribution in [0.5, 0.6) is 0 Å². The SMILES string of the molecule is COCC(Cl)CN(C)S(=O)(=O)NC(=O)OC(C)C. The fourth-order valence-electron chi connectivity index (χ4n) is 1.03. The van der Waals surface area contributed by atoms with Gasteiger partial charge in [-0.1, -0.05) is 0 Å². The lowest BCUT2D eigenvalue weighted by Crippen LogP contribution is -2.44. The number of alkyl halides is 1. The van der Waals surface area contributed by atoms with Crippen molar-refractivity contribution in [1.29, 1.82) is 0 Å². The quantitative estimate of drug-likeness (QED) is 0.694. The van der Waals surface area contributed by atoms with E-state index in [0.29, 0.717) is 0 Å². The van der Waals surface area contributed by atoms with Gasteiger partial charge in [0.2, 0.25) is 0 Å². The number of halogens is 1. The van der Waals surface area contributed by atoms with E-state index in [2.05, 4.69) is 4.74 Å². The third-order valence-corrected chi connectivity index (χ3v) is 3.43. The molecule has 0 aromatic heterocycles. The number of nitrogens with one attached hydrogen (secondary N) is 1. The number of carbonyl (C=O) groups excluding carboxylic acids is 1. The lowest BCUT2D eigenvalue weighted by atomic mass is 10.4. The molecule has 1 unspecified atom stereocenters. The Morgan fingerprint density at radius 1 is 1.44 bits per heavy atom. The van der Waals surface area contributed by atoms with Gasteiger partial charge in [-0.15, -0.1) is 11.6 Å². The van der Waals surface area contributed by atoms with Gasteiger partial charge < -0.3 is 9.47 Å². The maximum Gasteiger partial charge on any atom is 0.422 e. The summed E-state index contributed by atoms with van der Waals surface area (Å²) >= 11 is 5.83. The summed E-state index contributed by atoms with van der Waals surface area (Å²) in [6, 6.07) is 0. The van der Waals surface area contributed by atoms with Crippen LogP contribution in [0, 0.1) is 0 Å². The molecular weight excluding hydrogens is 284 g/mol. The number of rotatable bonds is 7. The molecule has 0 aliphatic carbocycles. The molecule has 0 heterocycles. The minimum absolute atomic E-state index is 0.0136. The Kier molecular flexibility index (Phi) is 7.53. The number of nitrogens with zero attached hydrogens (tertiary/aromatic N) is 1. The molecular formula is C9H19ClN2O5S. The molecule has 0 aliphatic rings. The molecule has 108 valence electrons. The number of methoxy groups -OCH3 is 1. The van der Waals surface area contributed by atoms with Crippen LogP contribution in [0.2, 0.25) is 0 Å². The maximum atomic E-state index is 11.7. The highest BCUT2D eigenvalue weighted by Crippen LogP contribution is 2.03. The standard InChI is InChI=1S/C9H19ClN2O5S/c1-7(2)17-9(13)11-18(14,15)12(3)5-8(10)6-16-4/h7-8H,5-6H2,1-4H3,(H,11,13). The van der Waals surface area contributed by atoms with Crippen molar-refractivity contribution in [1.82, 2.24) is 9.03 Å². The molecule has 1 amide bonds. The first-order valence-electron chi connectivity index (χ1n) is 5.26. The molecule has 7 nitrogen and oxygen atoms in total. The van der Waals surface area contributed by atoms with Gasteiger partial charge in [0.15, 0.2) is 0 Å². The fourth-order valence-corrected chi connectivity index (χ4v) is 2.24. The monoisotopic (exact) mass is 302 g/mol. The Morgan fingerprint density at radius 3 is 2.44 bits per heavy atom. The summed E-state index contributed by atoms with van der Waals surface area (Å²) in [4.78, 5) is 11.2. The van der Waals surface area contributed by atoms with Crippen molar-refractivity contribution in [2.45, 2.75) is 25.3 Å². The normalized spacial score (nSPS) is 13.7. The van der Waals surface area contributed by atoms with Crippen LogP contribution < -0.4 is 4.72 Å². The smallest absolute Gasteiger partial charge is 0.422 e. The molecule has 0 spiro atoms. The minimum Gasteiger partial charge on any atom is -0.446 e. The van der Waals surface area contributed by atoms with Gasteiger partial charge in [0, 0.05) is 20.7 Å². The van der Waals surface area contributed by atoms with Crippen LogP contribution in [0.3, 0.4) is 0 Å². The highest BCUT2D eigenvalue weighted by atomic mass is 35.5. The van der Waals surface area contributed by atoms with Gasteiger partial charge >= 0.3 is 16.3 Å². The third kappa shape index (κ3) is 7.00. The van der Waals surface area contributed by atoms with Crippen LogP contribution in [0.25, 0.3) is 0 Å². The molecule has 0 fully saturated rings. The summed E-state index contributed by atoms with van der Waals surface area (Å²) in [6.07, 6.45) is -1.42. The Hall–Kier alpha value is -0.570. The van der Waals surface area contributed by atoms with E-state index in [1.165, 1.54) is 14.2 Å². The molecule has 0 radical (unpaired) electrons. The van der Waals surface area contributed by atoms with Crippen molar-refractivity contribution in [3.63, 3.8) is 0 Å². The van der Waals surface area contributed by atoms with Crippen LogP contribution in [0.15, 0.2) is 0 Å². The first-order chi connectivity index (χ1) is 8.19. The number of carbonyl (C=O) groups is 1. The van der Waals surface area contributed by atoms with E-state index in [-0.39, 0.29) is 13.2 Å². The van der Waals surface area contributed by atoms with E-state index < -0.39 is 27.8 Å². The zero-order chi connectivity index (χ0) is 14.3. The average molecular weight is 303 g/mol. The Bertz CT molecular complexity index is 360. The Balaban J connectivity index is 4.40. The van der Waals surface area contributed by atoms with Crippen LogP contribution in [0.4, 0.5) is 4.79 Å². The van der Waals surface area contributed by atoms with E-state index in [1.54, 1.807) is 18.6 Å². The molecule has 1 N–H and O–H groups in total. The van der Waals surface area contributed by atoms with Crippen molar-refractivity contribution < 1.29 is 22.7 Å². The van der Waals surface area contributed by atoms with Gasteiger partial charge in [-0.2, -0.15) is 12.7 Å². The predicted octanol–water partition coefficient (Wildman–Crippen LogP) is 0.551. The Morgan fingerprint density at radius 2 is 2.00 bits per heavy atom. The van der Waals surface area contributed by atoms with Gasteiger partial charge in [0.1, 0.15) is 0 Å². The second kappa shape index (κ2) is 7.78. The number of hydrogen-bond donors (Lipinski definition) is 1. The van der Waals surface area contributed by atoms with Gasteiger partial charge in [-0.25, -0.2) is 9.52 Å². The molecule has 0 saturated heterocycles. The van der Waals surface area contributed by atoms with Crippen molar-refractivity contribution in [3.8, 4) is 0 Å². The topological polar surface area (TPSA) is 84.9 Å². The van der Waals surface area contributed by atoms with Crippen LogP contribution in [-0.4, -0.2) is 57.6 Å². The predicted molar refractivity (Wildman–Crippen MR) is 67.8 cm³/mol. The van der Waals surface area contributed by atoms with Crippen LogP contribution >= 0.6 is 11.6 Å². The summed E-state index contributed by atoms with van der Waals surface area (Å²) < 4.78 is 35.5. The molecule has 0 aromatic carbocycles. The summed E-state index contributed by atoms with van der Waals surface area (Å²) in [5.74, 6) is 0. The highest BCUT2D eigenvalue weighted by molar-refractivity contribution is 7.87. The Labute approximate surface area is 113 Å². The molecule has 0 saturated carbocycles. The molecule has 9 heteroatoms. The van der Waals surface area contributed by atoms with Crippen LogP contribution in [-0.2, 0) is 19.7 Å². The lowest BCUT2D eigenvalue weighted by Gasteiger charge is -2.20. The highest BCUT2D eigenvalue weighted by Gasteiger charge is 2.23. The summed E-state index contributed by atoms with van der Waals surface area (Å²) in [5.41, 5.74) is 0.